The lowest BCUT2D eigenvalue weighted by molar-refractivity contribution is 0.660. The van der Waals surface area contributed by atoms with Crippen LogP contribution in [0.1, 0.15) is 25.0 Å². The van der Waals surface area contributed by atoms with E-state index in [0.29, 0.717) is 0 Å². The van der Waals surface area contributed by atoms with Gasteiger partial charge in [0.1, 0.15) is 0 Å². The fraction of sp³-hybridized carbons (Fsp3) is 0.0390. The molecule has 0 amide bonds. The second-order valence-corrected chi connectivity index (χ2v) is 24.4. The van der Waals surface area contributed by atoms with Gasteiger partial charge in [0.25, 0.3) is 0 Å². The molecule has 0 radical (unpaired) electrons. The van der Waals surface area contributed by atoms with Crippen LogP contribution in [0.2, 0.25) is 0 Å². The third-order valence-corrected chi connectivity index (χ3v) is 20.0. The van der Waals surface area contributed by atoms with Crippen molar-refractivity contribution in [3.05, 3.63) is 278 Å². The van der Waals surface area contributed by atoms with Crippen LogP contribution in [-0.4, -0.2) is 0 Å². The van der Waals surface area contributed by atoms with Gasteiger partial charge >= 0.3 is 0 Å². The number of benzene rings is 15. The molecule has 2 nitrogen and oxygen atoms in total. The number of rotatable bonds is 6. The van der Waals surface area contributed by atoms with Gasteiger partial charge in [0, 0.05) is 58.5 Å². The maximum absolute atomic E-state index is 2.53. The predicted octanol–water partition coefficient (Wildman–Crippen LogP) is 23.1. The lowest BCUT2D eigenvalue weighted by Crippen LogP contribution is -2.16. The van der Waals surface area contributed by atoms with Crippen molar-refractivity contribution in [3.63, 3.8) is 0 Å². The predicted molar refractivity (Wildman–Crippen MR) is 353 cm³/mol. The summed E-state index contributed by atoms with van der Waals surface area (Å²) < 4.78 is 5.27. The third-order valence-electron chi connectivity index (χ3n) is 17.6. The van der Waals surface area contributed by atoms with Gasteiger partial charge in [0.15, 0.2) is 0 Å². The Hall–Kier alpha value is -9.58. The normalized spacial score (nSPS) is 12.9. The van der Waals surface area contributed by atoms with Crippen molar-refractivity contribution in [1.82, 2.24) is 0 Å². The molecular formula is C77H50N2S2. The summed E-state index contributed by atoms with van der Waals surface area (Å²) in [7, 11) is 0. The Morgan fingerprint density at radius 2 is 0.691 bits per heavy atom. The molecule has 0 saturated carbocycles. The molecule has 0 aliphatic heterocycles. The van der Waals surface area contributed by atoms with Crippen molar-refractivity contribution in [2.75, 3.05) is 9.80 Å². The Morgan fingerprint density at radius 1 is 0.272 bits per heavy atom. The molecule has 0 bridgehead atoms. The smallest absolute Gasteiger partial charge is 0.0640 e. The Balaban J connectivity index is 0.000000132. The number of anilines is 6. The van der Waals surface area contributed by atoms with Crippen molar-refractivity contribution in [3.8, 4) is 11.1 Å². The topological polar surface area (TPSA) is 6.48 Å². The van der Waals surface area contributed by atoms with Crippen LogP contribution in [0, 0.1) is 0 Å². The second kappa shape index (κ2) is 17.7. The molecule has 0 atom stereocenters. The lowest BCUT2D eigenvalue weighted by Gasteiger charge is -2.30. The molecule has 0 unspecified atom stereocenters. The summed E-state index contributed by atoms with van der Waals surface area (Å²) in [6.07, 6.45) is 0. The van der Waals surface area contributed by atoms with Crippen LogP contribution < -0.4 is 9.80 Å². The van der Waals surface area contributed by atoms with E-state index >= 15 is 0 Å². The van der Waals surface area contributed by atoms with Crippen LogP contribution in [-0.2, 0) is 5.41 Å². The molecule has 18 rings (SSSR count). The first kappa shape index (κ1) is 46.3. The van der Waals surface area contributed by atoms with Gasteiger partial charge < -0.3 is 9.80 Å². The number of thiophene rings is 2. The molecule has 0 spiro atoms. The molecule has 1 aliphatic rings. The first-order valence-corrected chi connectivity index (χ1v) is 29.6. The quantitative estimate of drug-likeness (QED) is 0.153. The maximum Gasteiger partial charge on any atom is 0.0640 e. The van der Waals surface area contributed by atoms with E-state index in [2.05, 4.69) is 291 Å². The van der Waals surface area contributed by atoms with Crippen molar-refractivity contribution in [2.45, 2.75) is 19.3 Å². The molecule has 4 heteroatoms. The molecule has 0 fully saturated rings. The summed E-state index contributed by atoms with van der Waals surface area (Å²) in [5.41, 5.74) is 12.6. The van der Waals surface area contributed by atoms with E-state index in [1.807, 2.05) is 22.7 Å². The zero-order chi connectivity index (χ0) is 53.5. The molecule has 81 heavy (non-hydrogen) atoms. The van der Waals surface area contributed by atoms with Gasteiger partial charge in [0.2, 0.25) is 0 Å². The van der Waals surface area contributed by atoms with E-state index in [1.54, 1.807) is 0 Å². The molecule has 0 saturated heterocycles. The monoisotopic (exact) mass is 1070 g/mol. The SMILES string of the molecule is CC1(C)c2ccccc2-c2ccc(N(c3ccc4ccc5cccc6ccc3c4c56)c3cccc4c3sc3ccccc34)cc21.c1ccc(N(c2ccc3ccc4cccc5ccc2c3c45)c2cccc3c2sc2ccccc23)cc1. The Kier molecular flexibility index (Phi) is 10.1. The van der Waals surface area contributed by atoms with Crippen molar-refractivity contribution in [1.29, 1.82) is 0 Å². The van der Waals surface area contributed by atoms with Gasteiger partial charge in [0.05, 0.1) is 32.1 Å². The second-order valence-electron chi connectivity index (χ2n) is 22.3. The van der Waals surface area contributed by atoms with Crippen molar-refractivity contribution >= 4 is 162 Å². The summed E-state index contributed by atoms with van der Waals surface area (Å²) in [6.45, 7) is 4.74. The Labute approximate surface area is 476 Å². The highest BCUT2D eigenvalue weighted by molar-refractivity contribution is 7.26. The van der Waals surface area contributed by atoms with Crippen LogP contribution >= 0.6 is 22.7 Å². The number of fused-ring (bicyclic) bond motifs is 9. The average molecular weight is 1070 g/mol. The molecule has 17 aromatic rings. The Morgan fingerprint density at radius 3 is 1.25 bits per heavy atom. The van der Waals surface area contributed by atoms with E-state index in [-0.39, 0.29) is 5.41 Å². The van der Waals surface area contributed by atoms with Gasteiger partial charge in [-0.3, -0.25) is 0 Å². The minimum atomic E-state index is -0.0834. The molecule has 380 valence electrons. The van der Waals surface area contributed by atoms with Gasteiger partial charge in [-0.1, -0.05) is 220 Å². The fourth-order valence-electron chi connectivity index (χ4n) is 13.9. The molecule has 2 aromatic heterocycles. The highest BCUT2D eigenvalue weighted by Crippen LogP contribution is 2.54. The summed E-state index contributed by atoms with van der Waals surface area (Å²) in [4.78, 5) is 4.98. The van der Waals surface area contributed by atoms with Gasteiger partial charge in [-0.15, -0.1) is 22.7 Å². The zero-order valence-corrected chi connectivity index (χ0v) is 46.2. The minimum absolute atomic E-state index is 0.0834. The summed E-state index contributed by atoms with van der Waals surface area (Å²) in [6, 6.07) is 98.6. The summed E-state index contributed by atoms with van der Waals surface area (Å²) in [5, 5.41) is 20.9. The van der Waals surface area contributed by atoms with Gasteiger partial charge in [-0.05, 0) is 137 Å². The molecular weight excluding hydrogens is 1020 g/mol. The largest absolute Gasteiger partial charge is 0.308 e. The highest BCUT2D eigenvalue weighted by atomic mass is 32.1. The van der Waals surface area contributed by atoms with E-state index in [9.17, 15) is 0 Å². The van der Waals surface area contributed by atoms with Crippen LogP contribution in [0.4, 0.5) is 34.1 Å². The minimum Gasteiger partial charge on any atom is -0.308 e. The van der Waals surface area contributed by atoms with E-state index in [4.69, 9.17) is 0 Å². The van der Waals surface area contributed by atoms with Crippen LogP contribution in [0.3, 0.4) is 0 Å². The third kappa shape index (κ3) is 6.91. The van der Waals surface area contributed by atoms with E-state index in [1.165, 1.54) is 156 Å². The standard InChI is InChI=1S/C43H29NS.C34H21NS/c1-43(2)35-14-5-3-11-30(35)31-23-21-29(25-36(31)43)44(38-15-8-13-33-32-12-4-6-16-39(32)45-42(33)38)37-24-20-28-18-17-26-9-7-10-27-19-22-34(37)41(28)40(26)27;1-2-10-25(11-3-1)35(30-14-7-13-27-26-12-4-5-15-31(26)36-34(27)30)29-21-19-24-17-16-22-8-6-9-23-18-20-28(29)33(24)32(22)23/h3-25H,1-2H3;1-21H. The van der Waals surface area contributed by atoms with Gasteiger partial charge in [-0.25, -0.2) is 0 Å². The summed E-state index contributed by atoms with van der Waals surface area (Å²) in [5.74, 6) is 0. The first-order chi connectivity index (χ1) is 39.9. The van der Waals surface area contributed by atoms with E-state index in [0.717, 1.165) is 5.69 Å². The molecule has 15 aromatic carbocycles. The van der Waals surface area contributed by atoms with Crippen LogP contribution in [0.5, 0.6) is 0 Å². The average Bonchev–Trinajstić information content (AvgIpc) is 4.39. The summed E-state index contributed by atoms with van der Waals surface area (Å²) >= 11 is 3.77. The van der Waals surface area contributed by atoms with Crippen LogP contribution in [0.15, 0.2) is 267 Å². The number of nitrogens with zero attached hydrogens (tertiary/aromatic N) is 2. The Bertz CT molecular complexity index is 5320. The molecule has 2 heterocycles. The first-order valence-electron chi connectivity index (χ1n) is 28.0. The number of hydrogen-bond acceptors (Lipinski definition) is 4. The van der Waals surface area contributed by atoms with Crippen molar-refractivity contribution < 1.29 is 0 Å². The van der Waals surface area contributed by atoms with Crippen molar-refractivity contribution in [2.24, 2.45) is 0 Å². The van der Waals surface area contributed by atoms with Gasteiger partial charge in [-0.2, -0.15) is 0 Å². The lowest BCUT2D eigenvalue weighted by atomic mass is 9.82. The molecule has 1 aliphatic carbocycles. The van der Waals surface area contributed by atoms with E-state index < -0.39 is 0 Å². The highest BCUT2D eigenvalue weighted by Gasteiger charge is 2.36. The fourth-order valence-corrected chi connectivity index (χ4v) is 16.3. The maximum atomic E-state index is 2.53. The van der Waals surface area contributed by atoms with Crippen LogP contribution in [0.25, 0.3) is 116 Å². The number of para-hydroxylation sites is 1. The molecule has 0 N–H and O–H groups in total. The number of hydrogen-bond donors (Lipinski definition) is 0. The zero-order valence-electron chi connectivity index (χ0n) is 44.6.